The molecule has 1 aromatic rings. The number of hydrazine groups is 1. The molecule has 1 saturated carbocycles. The number of carbonyl (C=O) groups is 2. The summed E-state index contributed by atoms with van der Waals surface area (Å²) < 4.78 is 0. The van der Waals surface area contributed by atoms with Crippen molar-refractivity contribution < 1.29 is 14.5 Å². The van der Waals surface area contributed by atoms with Gasteiger partial charge in [0.15, 0.2) is 0 Å². The van der Waals surface area contributed by atoms with E-state index in [9.17, 15) is 19.7 Å². The maximum atomic E-state index is 11.9. The van der Waals surface area contributed by atoms with Crippen molar-refractivity contribution in [2.45, 2.75) is 25.7 Å². The number of benzene rings is 1. The first kappa shape index (κ1) is 15.2. The lowest BCUT2D eigenvalue weighted by Gasteiger charge is -2.11. The first-order valence-electron chi connectivity index (χ1n) is 6.53. The largest absolute Gasteiger partial charge is 0.273 e. The van der Waals surface area contributed by atoms with Crippen molar-refractivity contribution in [1.29, 1.82) is 0 Å². The van der Waals surface area contributed by atoms with Gasteiger partial charge in [0.1, 0.15) is 0 Å². The fraction of sp³-hybridized carbons (Fsp3) is 0.385. The lowest BCUT2D eigenvalue weighted by molar-refractivity contribution is -0.384. The van der Waals surface area contributed by atoms with E-state index in [4.69, 9.17) is 11.6 Å². The summed E-state index contributed by atoms with van der Waals surface area (Å²) in [5.74, 6) is -0.905. The zero-order chi connectivity index (χ0) is 15.4. The normalized spacial score (nSPS) is 14.7. The third-order valence-corrected chi connectivity index (χ3v) is 3.75. The molecule has 0 bridgehead atoms. The fourth-order valence-electron chi connectivity index (χ4n) is 2.28. The van der Waals surface area contributed by atoms with E-state index in [0.717, 1.165) is 31.7 Å². The van der Waals surface area contributed by atoms with Gasteiger partial charge in [0, 0.05) is 18.1 Å². The highest BCUT2D eigenvalue weighted by Gasteiger charge is 2.23. The van der Waals surface area contributed by atoms with Crippen LogP contribution in [0.3, 0.4) is 0 Å². The average molecular weight is 312 g/mol. The molecule has 2 amide bonds. The highest BCUT2D eigenvalue weighted by molar-refractivity contribution is 6.34. The van der Waals surface area contributed by atoms with E-state index < -0.39 is 10.8 Å². The summed E-state index contributed by atoms with van der Waals surface area (Å²) in [5.41, 5.74) is 4.49. The molecule has 0 heterocycles. The molecule has 0 spiro atoms. The van der Waals surface area contributed by atoms with Gasteiger partial charge in [-0.1, -0.05) is 24.4 Å². The van der Waals surface area contributed by atoms with Crippen LogP contribution in [-0.2, 0) is 4.79 Å². The van der Waals surface area contributed by atoms with E-state index in [2.05, 4.69) is 10.9 Å². The van der Waals surface area contributed by atoms with Crippen LogP contribution in [0.1, 0.15) is 36.0 Å². The Morgan fingerprint density at radius 3 is 2.48 bits per heavy atom. The Balaban J connectivity index is 1.97. The van der Waals surface area contributed by atoms with Gasteiger partial charge in [-0.2, -0.15) is 0 Å². The highest BCUT2D eigenvalue weighted by atomic mass is 35.5. The molecule has 8 heteroatoms. The summed E-state index contributed by atoms with van der Waals surface area (Å²) in [4.78, 5) is 33.6. The molecule has 112 valence electrons. The van der Waals surface area contributed by atoms with E-state index in [1.807, 2.05) is 0 Å². The fourth-order valence-corrected chi connectivity index (χ4v) is 2.54. The number of carbonyl (C=O) groups excluding carboxylic acids is 2. The van der Waals surface area contributed by atoms with E-state index >= 15 is 0 Å². The molecule has 0 aliphatic heterocycles. The third kappa shape index (κ3) is 3.69. The van der Waals surface area contributed by atoms with Crippen LogP contribution in [-0.4, -0.2) is 16.7 Å². The second-order valence-electron chi connectivity index (χ2n) is 4.85. The number of non-ortho nitro benzene ring substituents is 1. The molecule has 7 nitrogen and oxygen atoms in total. The van der Waals surface area contributed by atoms with Crippen molar-refractivity contribution >= 4 is 29.1 Å². The van der Waals surface area contributed by atoms with E-state index in [0.29, 0.717) is 0 Å². The summed E-state index contributed by atoms with van der Waals surface area (Å²) in [7, 11) is 0. The quantitative estimate of drug-likeness (QED) is 0.660. The number of nitro groups is 1. The molecule has 1 aromatic carbocycles. The summed E-state index contributed by atoms with van der Waals surface area (Å²) in [6, 6.07) is 3.52. The lowest BCUT2D eigenvalue weighted by Crippen LogP contribution is -2.44. The molecule has 0 unspecified atom stereocenters. The number of nitrogens with zero attached hydrogens (tertiary/aromatic N) is 1. The molecule has 0 saturated heterocycles. The molecule has 2 rings (SSSR count). The minimum Gasteiger partial charge on any atom is -0.273 e. The molecule has 1 aliphatic carbocycles. The predicted molar refractivity (Wildman–Crippen MR) is 75.7 cm³/mol. The van der Waals surface area contributed by atoms with Gasteiger partial charge in [0.25, 0.3) is 11.6 Å². The van der Waals surface area contributed by atoms with E-state index in [1.165, 1.54) is 12.1 Å². The Labute approximate surface area is 125 Å². The summed E-state index contributed by atoms with van der Waals surface area (Å²) >= 11 is 5.83. The Kier molecular flexibility index (Phi) is 4.74. The number of rotatable bonds is 3. The van der Waals surface area contributed by atoms with Crippen LogP contribution in [0.25, 0.3) is 0 Å². The Bertz CT molecular complexity index is 585. The van der Waals surface area contributed by atoms with Gasteiger partial charge in [0.05, 0.1) is 15.5 Å². The standard InChI is InChI=1S/C13H14ClN3O4/c14-11-7-9(17(20)21)5-6-10(11)13(19)16-15-12(18)8-3-1-2-4-8/h5-8H,1-4H2,(H,15,18)(H,16,19). The third-order valence-electron chi connectivity index (χ3n) is 3.43. The minimum absolute atomic E-state index is 0.0446. The molecule has 0 atom stereocenters. The van der Waals surface area contributed by atoms with Crippen LogP contribution < -0.4 is 10.9 Å². The number of nitro benzene ring substituents is 1. The molecule has 0 aromatic heterocycles. The molecule has 21 heavy (non-hydrogen) atoms. The zero-order valence-electron chi connectivity index (χ0n) is 11.1. The van der Waals surface area contributed by atoms with Crippen molar-refractivity contribution in [1.82, 2.24) is 10.9 Å². The topological polar surface area (TPSA) is 101 Å². The van der Waals surface area contributed by atoms with E-state index in [-0.39, 0.29) is 28.1 Å². The zero-order valence-corrected chi connectivity index (χ0v) is 11.9. The van der Waals surface area contributed by atoms with Gasteiger partial charge in [-0.05, 0) is 18.9 Å². The van der Waals surface area contributed by atoms with Crippen molar-refractivity contribution in [3.05, 3.63) is 38.9 Å². The first-order chi connectivity index (χ1) is 9.99. The number of amides is 2. The second-order valence-corrected chi connectivity index (χ2v) is 5.25. The van der Waals surface area contributed by atoms with Crippen LogP contribution >= 0.6 is 11.6 Å². The van der Waals surface area contributed by atoms with Crippen LogP contribution in [0.5, 0.6) is 0 Å². The molecule has 1 aliphatic rings. The lowest BCUT2D eigenvalue weighted by atomic mass is 10.1. The minimum atomic E-state index is -0.610. The first-order valence-corrected chi connectivity index (χ1v) is 6.91. The number of nitrogens with one attached hydrogen (secondary N) is 2. The molecular weight excluding hydrogens is 298 g/mol. The van der Waals surface area contributed by atoms with Gasteiger partial charge < -0.3 is 0 Å². The second kappa shape index (κ2) is 6.53. The Morgan fingerprint density at radius 2 is 1.90 bits per heavy atom. The van der Waals surface area contributed by atoms with Gasteiger partial charge in [-0.3, -0.25) is 30.6 Å². The number of hydrogen-bond donors (Lipinski definition) is 2. The molecule has 0 radical (unpaired) electrons. The van der Waals surface area contributed by atoms with Crippen LogP contribution in [0.2, 0.25) is 5.02 Å². The maximum Gasteiger partial charge on any atom is 0.271 e. The predicted octanol–water partition coefficient (Wildman–Crippen LogP) is 2.20. The summed E-state index contributed by atoms with van der Waals surface area (Å²) in [6.07, 6.45) is 3.67. The van der Waals surface area contributed by atoms with Crippen molar-refractivity contribution in [3.8, 4) is 0 Å². The highest BCUT2D eigenvalue weighted by Crippen LogP contribution is 2.24. The number of halogens is 1. The molecule has 2 N–H and O–H groups in total. The van der Waals surface area contributed by atoms with Gasteiger partial charge in [-0.15, -0.1) is 0 Å². The SMILES string of the molecule is O=C(NNC(=O)C1CCCC1)c1ccc([N+](=O)[O-])cc1Cl. The van der Waals surface area contributed by atoms with Crippen LogP contribution in [0, 0.1) is 16.0 Å². The average Bonchev–Trinajstić information content (AvgIpc) is 2.98. The summed E-state index contributed by atoms with van der Waals surface area (Å²) in [6.45, 7) is 0. The Hall–Kier alpha value is -2.15. The van der Waals surface area contributed by atoms with Crippen LogP contribution in [0.4, 0.5) is 5.69 Å². The smallest absolute Gasteiger partial charge is 0.271 e. The monoisotopic (exact) mass is 311 g/mol. The van der Waals surface area contributed by atoms with Gasteiger partial charge in [-0.25, -0.2) is 0 Å². The maximum absolute atomic E-state index is 11.9. The van der Waals surface area contributed by atoms with Gasteiger partial charge in [0.2, 0.25) is 5.91 Å². The molecular formula is C13H14ClN3O4. The molecule has 1 fully saturated rings. The van der Waals surface area contributed by atoms with Crippen molar-refractivity contribution in [2.75, 3.05) is 0 Å². The number of hydrogen-bond acceptors (Lipinski definition) is 4. The summed E-state index contributed by atoms with van der Waals surface area (Å²) in [5, 5.41) is 10.5. The van der Waals surface area contributed by atoms with E-state index in [1.54, 1.807) is 0 Å². The van der Waals surface area contributed by atoms with Gasteiger partial charge >= 0.3 is 0 Å². The van der Waals surface area contributed by atoms with Crippen LogP contribution in [0.15, 0.2) is 18.2 Å². The Morgan fingerprint density at radius 1 is 1.24 bits per heavy atom. The van der Waals surface area contributed by atoms with Crippen molar-refractivity contribution in [2.24, 2.45) is 5.92 Å². The van der Waals surface area contributed by atoms with Crippen molar-refractivity contribution in [3.63, 3.8) is 0 Å².